The average molecular weight is 727 g/mol. The molecule has 6 rings (SSSR count). The van der Waals surface area contributed by atoms with Crippen LogP contribution in [0.1, 0.15) is 122 Å². The molecule has 4 fully saturated rings. The molecular formula is C41H70N6O5. The number of nitrogens with one attached hydrogen (secondary N) is 3. The fourth-order valence-electron chi connectivity index (χ4n) is 12.5. The zero-order valence-corrected chi connectivity index (χ0v) is 34.5. The molecule has 12 atom stereocenters. The summed E-state index contributed by atoms with van der Waals surface area (Å²) < 4.78 is 13.6. The van der Waals surface area contributed by atoms with Crippen LogP contribution >= 0.6 is 0 Å². The molecular weight excluding hydrogens is 656 g/mol. The number of tetrazole rings is 1. The number of aliphatic carboxylic acids is 1. The van der Waals surface area contributed by atoms with Gasteiger partial charge in [-0.2, -0.15) is 5.21 Å². The molecule has 3 saturated carbocycles. The topological polar surface area (TPSA) is 151 Å². The molecule has 11 nitrogen and oxygen atoms in total. The largest absolute Gasteiger partial charge is 0.481 e. The van der Waals surface area contributed by atoms with Crippen LogP contribution in [0.5, 0.6) is 0 Å². The molecule has 5 aliphatic rings. The summed E-state index contributed by atoms with van der Waals surface area (Å²) >= 11 is 0. The van der Waals surface area contributed by atoms with Crippen LogP contribution in [0, 0.1) is 68.5 Å². The molecule has 0 unspecified atom stereocenters. The summed E-state index contributed by atoms with van der Waals surface area (Å²) in [6.45, 7) is 29.4. The van der Waals surface area contributed by atoms with E-state index in [1.54, 1.807) is 5.57 Å². The van der Waals surface area contributed by atoms with Gasteiger partial charge in [-0.25, -0.2) is 0 Å². The summed E-state index contributed by atoms with van der Waals surface area (Å²) in [7, 11) is 2.06. The first-order valence-corrected chi connectivity index (χ1v) is 20.0. The van der Waals surface area contributed by atoms with Crippen LogP contribution in [-0.4, -0.2) is 76.1 Å². The molecule has 0 aromatic carbocycles. The Balaban J connectivity index is 0.000000507. The van der Waals surface area contributed by atoms with E-state index in [0.29, 0.717) is 42.1 Å². The predicted octanol–water partition coefficient (Wildman–Crippen LogP) is 7.39. The zero-order valence-electron chi connectivity index (χ0n) is 34.5. The fourth-order valence-corrected chi connectivity index (χ4v) is 12.5. The number of H-pyrrole nitrogens is 1. The van der Waals surface area contributed by atoms with E-state index in [2.05, 4.69) is 121 Å². The molecule has 1 saturated heterocycles. The average Bonchev–Trinajstić information content (AvgIpc) is 3.57. The number of hydrogen-bond donors (Lipinski definition) is 4. The molecule has 11 heteroatoms. The normalized spacial score (nSPS) is 41.3. The number of aromatic amines is 1. The monoisotopic (exact) mass is 727 g/mol. The van der Waals surface area contributed by atoms with E-state index in [-0.39, 0.29) is 56.5 Å². The minimum Gasteiger partial charge on any atom is -0.481 e. The number of amides is 1. The lowest BCUT2D eigenvalue weighted by Crippen LogP contribution is -2.69. The van der Waals surface area contributed by atoms with Crippen LogP contribution in [0.4, 0.5) is 5.95 Å². The fraction of sp³-hybridized carbons (Fsp3) is 0.878. The van der Waals surface area contributed by atoms with E-state index in [1.165, 1.54) is 13.3 Å². The van der Waals surface area contributed by atoms with Crippen molar-refractivity contribution in [1.29, 1.82) is 0 Å². The second kappa shape index (κ2) is 14.4. The predicted molar refractivity (Wildman–Crippen MR) is 203 cm³/mol. The molecule has 0 spiro atoms. The standard InChI is InChI=1S/C38H65NO4.C3H5N5O/c1-23(2)26(6)33(7)17-18-35(9)27-13-14-29-34(8)20-42-22-38(29,28(27)15-16-36(35,10)30(33)32(40)41)19-25(5)31(34)43-21-37(11,39-12)24(3)4;1-2(9)4-3-5-7-8-6-3/h15,23-27,29-31,39H,13-14,16-22H2,1-12H3,(H,40,41);1H3,(H2,4,5,6,7,8,9)/t25-,26-,27+,29+,30-,31+,33-,34+,35-,36+,37+,38+;/m1./s1. The number of carboxylic acid groups (broad SMARTS) is 1. The summed E-state index contributed by atoms with van der Waals surface area (Å²) in [6, 6.07) is 0. The van der Waals surface area contributed by atoms with E-state index < -0.39 is 5.97 Å². The van der Waals surface area contributed by atoms with Gasteiger partial charge < -0.3 is 19.9 Å². The van der Waals surface area contributed by atoms with Crippen molar-refractivity contribution in [2.75, 3.05) is 32.2 Å². The summed E-state index contributed by atoms with van der Waals surface area (Å²) in [5.74, 6) is 1.75. The molecule has 4 N–H and O–H groups in total. The number of ether oxygens (including phenoxy) is 2. The third kappa shape index (κ3) is 6.36. The molecule has 294 valence electrons. The minimum atomic E-state index is -0.582. The van der Waals surface area contributed by atoms with Crippen molar-refractivity contribution in [1.82, 2.24) is 25.9 Å². The Morgan fingerprint density at radius 3 is 2.35 bits per heavy atom. The first-order chi connectivity index (χ1) is 24.2. The van der Waals surface area contributed by atoms with Crippen molar-refractivity contribution in [3.05, 3.63) is 11.6 Å². The molecule has 1 amide bonds. The van der Waals surface area contributed by atoms with Crippen LogP contribution in [0.25, 0.3) is 0 Å². The van der Waals surface area contributed by atoms with Crippen LogP contribution < -0.4 is 10.6 Å². The van der Waals surface area contributed by atoms with Crippen LogP contribution in [-0.2, 0) is 19.1 Å². The van der Waals surface area contributed by atoms with E-state index in [0.717, 1.165) is 45.3 Å². The van der Waals surface area contributed by atoms with E-state index in [9.17, 15) is 14.7 Å². The maximum Gasteiger partial charge on any atom is 0.307 e. The molecule has 2 bridgehead atoms. The van der Waals surface area contributed by atoms with Gasteiger partial charge in [-0.15, -0.1) is 5.10 Å². The number of nitrogens with zero attached hydrogens (tertiary/aromatic N) is 3. The molecule has 1 aromatic rings. The number of likely N-dealkylation sites (N-methyl/N-ethyl adjacent to an activating group) is 1. The first kappa shape index (κ1) is 40.8. The Hall–Kier alpha value is -2.37. The first-order valence-electron chi connectivity index (χ1n) is 20.0. The molecule has 52 heavy (non-hydrogen) atoms. The summed E-state index contributed by atoms with van der Waals surface area (Å²) in [5.41, 5.74) is 1.06. The Bertz CT molecular complexity index is 1480. The molecule has 0 radical (unpaired) electrons. The van der Waals surface area contributed by atoms with Gasteiger partial charge >= 0.3 is 5.97 Å². The number of allylic oxidation sites excluding steroid dienone is 1. The quantitative estimate of drug-likeness (QED) is 0.191. The van der Waals surface area contributed by atoms with Crippen molar-refractivity contribution in [3.8, 4) is 0 Å². The maximum absolute atomic E-state index is 13.3. The lowest BCUT2D eigenvalue weighted by Gasteiger charge is -2.71. The van der Waals surface area contributed by atoms with Crippen LogP contribution in [0.15, 0.2) is 11.6 Å². The van der Waals surface area contributed by atoms with Crippen LogP contribution in [0.2, 0.25) is 0 Å². The Morgan fingerprint density at radius 1 is 1.10 bits per heavy atom. The van der Waals surface area contributed by atoms with Gasteiger partial charge in [-0.1, -0.05) is 86.0 Å². The van der Waals surface area contributed by atoms with Gasteiger partial charge in [0.25, 0.3) is 5.95 Å². The van der Waals surface area contributed by atoms with Crippen molar-refractivity contribution in [2.45, 2.75) is 133 Å². The van der Waals surface area contributed by atoms with Crippen molar-refractivity contribution in [2.24, 2.45) is 68.5 Å². The number of carbonyl (C=O) groups excluding carboxylic acids is 1. The van der Waals surface area contributed by atoms with Gasteiger partial charge in [0.1, 0.15) is 0 Å². The number of fused-ring (bicyclic) bond motifs is 3. The number of rotatable bonds is 9. The van der Waals surface area contributed by atoms with Gasteiger partial charge in [0, 0.05) is 23.3 Å². The summed E-state index contributed by atoms with van der Waals surface area (Å²) in [6.07, 6.45) is 9.16. The Kier molecular flexibility index (Phi) is 11.3. The van der Waals surface area contributed by atoms with E-state index in [1.807, 2.05) is 0 Å². The lowest BCUT2D eigenvalue weighted by molar-refractivity contribution is -0.253. The Labute approximate surface area is 313 Å². The highest BCUT2D eigenvalue weighted by atomic mass is 16.5. The zero-order chi connectivity index (χ0) is 38.7. The third-order valence-electron chi connectivity index (χ3n) is 16.4. The number of aromatic nitrogens is 4. The summed E-state index contributed by atoms with van der Waals surface area (Å²) in [4.78, 5) is 23.6. The molecule has 1 aromatic heterocycles. The number of carbonyl (C=O) groups is 2. The van der Waals surface area contributed by atoms with Gasteiger partial charge in [0.05, 0.1) is 31.8 Å². The van der Waals surface area contributed by atoms with Gasteiger partial charge in [-0.3, -0.25) is 14.9 Å². The molecule has 4 aliphatic carbocycles. The number of hydrogen-bond acceptors (Lipinski definition) is 8. The van der Waals surface area contributed by atoms with Gasteiger partial charge in [-0.05, 0) is 109 Å². The van der Waals surface area contributed by atoms with Crippen molar-refractivity contribution < 1.29 is 24.2 Å². The number of anilines is 1. The Morgan fingerprint density at radius 2 is 1.79 bits per heavy atom. The maximum atomic E-state index is 13.3. The second-order valence-corrected chi connectivity index (χ2v) is 19.5. The minimum absolute atomic E-state index is 0.0313. The second-order valence-electron chi connectivity index (χ2n) is 19.5. The van der Waals surface area contributed by atoms with E-state index >= 15 is 0 Å². The van der Waals surface area contributed by atoms with Crippen molar-refractivity contribution >= 4 is 17.8 Å². The SMILES string of the molecule is CC(=O)Nc1nn[nH]n1.CN[C@@](C)(CO[C@H]1[C@H](C)C[C@@]23COC[C@@]1(C)[C@@H]2CC[C@H]1C3=CC[C@@]2(C)[C@H](C(=O)O)[C@@](C)([C@H](C)C(C)C)CC[C@]12C)C(C)C. The van der Waals surface area contributed by atoms with Gasteiger partial charge in [0.2, 0.25) is 5.91 Å². The smallest absolute Gasteiger partial charge is 0.307 e. The van der Waals surface area contributed by atoms with Crippen LogP contribution in [0.3, 0.4) is 0 Å². The van der Waals surface area contributed by atoms with Gasteiger partial charge in [0.15, 0.2) is 0 Å². The highest BCUT2D eigenvalue weighted by Crippen LogP contribution is 2.75. The van der Waals surface area contributed by atoms with E-state index in [4.69, 9.17) is 9.47 Å². The molecule has 1 aliphatic heterocycles. The highest BCUT2D eigenvalue weighted by Gasteiger charge is 2.71. The third-order valence-corrected chi connectivity index (χ3v) is 16.4. The summed E-state index contributed by atoms with van der Waals surface area (Å²) in [5, 5.41) is 29.2. The van der Waals surface area contributed by atoms with Crippen molar-refractivity contribution in [3.63, 3.8) is 0 Å². The lowest BCUT2D eigenvalue weighted by atomic mass is 9.34. The molecule has 2 heterocycles. The number of carboxylic acids is 1. The highest BCUT2D eigenvalue weighted by molar-refractivity contribution is 5.86.